The fourth-order valence-electron chi connectivity index (χ4n) is 2.40. The lowest BCUT2D eigenvalue weighted by atomic mass is 10.1. The SMILES string of the molecule is CCc1ccccc1NC(=O)CNC(=O)COC(=O)[C@@H]1CCC(=O)N1. The molecular formula is C17H21N3O5. The van der Waals surface area contributed by atoms with E-state index < -0.39 is 24.5 Å². The van der Waals surface area contributed by atoms with Crippen LogP contribution < -0.4 is 16.0 Å². The maximum atomic E-state index is 11.9. The predicted molar refractivity (Wildman–Crippen MR) is 89.6 cm³/mol. The lowest BCUT2D eigenvalue weighted by Crippen LogP contribution is -2.39. The summed E-state index contributed by atoms with van der Waals surface area (Å²) >= 11 is 0. The molecule has 0 bridgehead atoms. The van der Waals surface area contributed by atoms with Gasteiger partial charge in [0.1, 0.15) is 6.04 Å². The zero-order chi connectivity index (χ0) is 18.2. The minimum atomic E-state index is -0.700. The maximum Gasteiger partial charge on any atom is 0.329 e. The van der Waals surface area contributed by atoms with Crippen molar-refractivity contribution in [3.8, 4) is 0 Å². The number of para-hydroxylation sites is 1. The first-order valence-electron chi connectivity index (χ1n) is 8.10. The zero-order valence-electron chi connectivity index (χ0n) is 14.0. The van der Waals surface area contributed by atoms with Gasteiger partial charge in [0, 0.05) is 12.1 Å². The zero-order valence-corrected chi connectivity index (χ0v) is 14.0. The van der Waals surface area contributed by atoms with Crippen LogP contribution in [0.25, 0.3) is 0 Å². The van der Waals surface area contributed by atoms with E-state index in [0.29, 0.717) is 12.1 Å². The van der Waals surface area contributed by atoms with Gasteiger partial charge in [-0.15, -0.1) is 0 Å². The Morgan fingerprint density at radius 3 is 2.68 bits per heavy atom. The van der Waals surface area contributed by atoms with Gasteiger partial charge >= 0.3 is 5.97 Å². The van der Waals surface area contributed by atoms with E-state index in [1.807, 2.05) is 25.1 Å². The summed E-state index contributed by atoms with van der Waals surface area (Å²) in [6, 6.07) is 6.70. The molecule has 0 aliphatic carbocycles. The summed E-state index contributed by atoms with van der Waals surface area (Å²) in [4.78, 5) is 46.2. The predicted octanol–water partition coefficient (Wildman–Crippen LogP) is 0.126. The highest BCUT2D eigenvalue weighted by Crippen LogP contribution is 2.14. The van der Waals surface area contributed by atoms with E-state index >= 15 is 0 Å². The average molecular weight is 347 g/mol. The van der Waals surface area contributed by atoms with Gasteiger partial charge in [-0.05, 0) is 24.5 Å². The molecule has 134 valence electrons. The first-order valence-corrected chi connectivity index (χ1v) is 8.10. The highest BCUT2D eigenvalue weighted by molar-refractivity contribution is 5.95. The van der Waals surface area contributed by atoms with Crippen molar-refractivity contribution in [1.82, 2.24) is 10.6 Å². The number of aryl methyl sites for hydroxylation is 1. The van der Waals surface area contributed by atoms with Crippen LogP contribution in [0.5, 0.6) is 0 Å². The molecule has 3 amide bonds. The summed E-state index contributed by atoms with van der Waals surface area (Å²) in [5.41, 5.74) is 1.70. The molecule has 0 radical (unpaired) electrons. The average Bonchev–Trinajstić information content (AvgIpc) is 3.05. The van der Waals surface area contributed by atoms with Crippen LogP contribution in [-0.4, -0.2) is 42.9 Å². The molecule has 1 atom stereocenters. The maximum absolute atomic E-state index is 11.9. The van der Waals surface area contributed by atoms with Crippen molar-refractivity contribution in [2.45, 2.75) is 32.2 Å². The summed E-state index contributed by atoms with van der Waals surface area (Å²) in [7, 11) is 0. The molecule has 1 saturated heterocycles. The van der Waals surface area contributed by atoms with Gasteiger partial charge in [-0.2, -0.15) is 0 Å². The van der Waals surface area contributed by atoms with Gasteiger partial charge in [0.15, 0.2) is 6.61 Å². The van der Waals surface area contributed by atoms with Crippen LogP contribution in [0.4, 0.5) is 5.69 Å². The molecule has 0 aromatic heterocycles. The van der Waals surface area contributed by atoms with Crippen molar-refractivity contribution >= 4 is 29.4 Å². The van der Waals surface area contributed by atoms with Gasteiger partial charge in [0.2, 0.25) is 11.8 Å². The van der Waals surface area contributed by atoms with Crippen LogP contribution in [-0.2, 0) is 30.3 Å². The molecule has 0 spiro atoms. The number of ether oxygens (including phenoxy) is 1. The van der Waals surface area contributed by atoms with Gasteiger partial charge in [-0.3, -0.25) is 14.4 Å². The third-order valence-electron chi connectivity index (χ3n) is 3.74. The van der Waals surface area contributed by atoms with Gasteiger partial charge in [-0.25, -0.2) is 4.79 Å². The van der Waals surface area contributed by atoms with E-state index in [0.717, 1.165) is 12.0 Å². The highest BCUT2D eigenvalue weighted by atomic mass is 16.5. The Hall–Kier alpha value is -2.90. The van der Waals surface area contributed by atoms with Crippen LogP contribution in [0, 0.1) is 0 Å². The molecule has 1 aliphatic rings. The van der Waals surface area contributed by atoms with E-state index in [1.165, 1.54) is 0 Å². The van der Waals surface area contributed by atoms with Crippen LogP contribution in [0.1, 0.15) is 25.3 Å². The minimum Gasteiger partial charge on any atom is -0.454 e. The largest absolute Gasteiger partial charge is 0.454 e. The molecule has 1 heterocycles. The summed E-state index contributed by atoms with van der Waals surface area (Å²) in [5, 5.41) is 7.56. The van der Waals surface area contributed by atoms with Crippen LogP contribution >= 0.6 is 0 Å². The van der Waals surface area contributed by atoms with E-state index in [9.17, 15) is 19.2 Å². The number of anilines is 1. The Labute approximate surface area is 145 Å². The van der Waals surface area contributed by atoms with E-state index in [2.05, 4.69) is 16.0 Å². The molecule has 1 aliphatic heterocycles. The fraction of sp³-hybridized carbons (Fsp3) is 0.412. The normalized spacial score (nSPS) is 16.0. The van der Waals surface area contributed by atoms with Gasteiger partial charge in [0.05, 0.1) is 6.54 Å². The number of carbonyl (C=O) groups is 4. The van der Waals surface area contributed by atoms with Crippen molar-refractivity contribution < 1.29 is 23.9 Å². The van der Waals surface area contributed by atoms with Crippen LogP contribution in [0.2, 0.25) is 0 Å². The van der Waals surface area contributed by atoms with Crippen LogP contribution in [0.3, 0.4) is 0 Å². The number of esters is 1. The fourth-order valence-corrected chi connectivity index (χ4v) is 2.40. The van der Waals surface area contributed by atoms with Crippen molar-refractivity contribution in [2.24, 2.45) is 0 Å². The van der Waals surface area contributed by atoms with Crippen molar-refractivity contribution in [1.29, 1.82) is 0 Å². The summed E-state index contributed by atoms with van der Waals surface area (Å²) in [5.74, 6) is -1.82. The Bertz CT molecular complexity index is 674. The molecule has 8 heteroatoms. The van der Waals surface area contributed by atoms with Gasteiger partial charge < -0.3 is 20.7 Å². The molecule has 0 saturated carbocycles. The number of rotatable bonds is 7. The van der Waals surface area contributed by atoms with Gasteiger partial charge in [-0.1, -0.05) is 25.1 Å². The van der Waals surface area contributed by atoms with E-state index in [4.69, 9.17) is 4.74 Å². The van der Waals surface area contributed by atoms with Crippen molar-refractivity contribution in [3.05, 3.63) is 29.8 Å². The van der Waals surface area contributed by atoms with Crippen molar-refractivity contribution in [2.75, 3.05) is 18.5 Å². The molecule has 1 aromatic rings. The minimum absolute atomic E-state index is 0.213. The molecular weight excluding hydrogens is 326 g/mol. The van der Waals surface area contributed by atoms with Crippen molar-refractivity contribution in [3.63, 3.8) is 0 Å². The highest BCUT2D eigenvalue weighted by Gasteiger charge is 2.28. The third-order valence-corrected chi connectivity index (χ3v) is 3.74. The molecule has 0 unspecified atom stereocenters. The molecule has 8 nitrogen and oxygen atoms in total. The number of hydrogen-bond donors (Lipinski definition) is 3. The quantitative estimate of drug-likeness (QED) is 0.607. The number of carbonyl (C=O) groups excluding carboxylic acids is 4. The number of benzene rings is 1. The molecule has 1 fully saturated rings. The van der Waals surface area contributed by atoms with Gasteiger partial charge in [0.25, 0.3) is 5.91 Å². The second-order valence-electron chi connectivity index (χ2n) is 5.60. The lowest BCUT2D eigenvalue weighted by molar-refractivity contribution is -0.150. The summed E-state index contributed by atoms with van der Waals surface area (Å²) in [6.07, 6.45) is 1.40. The standard InChI is InChI=1S/C17H21N3O5/c1-2-11-5-3-4-6-12(11)19-15(22)9-18-16(23)10-25-17(24)13-7-8-14(21)20-13/h3-6,13H,2,7-10H2,1H3,(H,18,23)(H,19,22)(H,20,21)/t13-/m0/s1. The van der Waals surface area contributed by atoms with Crippen LogP contribution in [0.15, 0.2) is 24.3 Å². The number of hydrogen-bond acceptors (Lipinski definition) is 5. The molecule has 3 N–H and O–H groups in total. The Morgan fingerprint density at radius 1 is 1.24 bits per heavy atom. The smallest absolute Gasteiger partial charge is 0.329 e. The monoisotopic (exact) mass is 347 g/mol. The summed E-state index contributed by atoms with van der Waals surface area (Å²) in [6.45, 7) is 1.26. The number of amides is 3. The second-order valence-corrected chi connectivity index (χ2v) is 5.60. The molecule has 25 heavy (non-hydrogen) atoms. The first kappa shape index (κ1) is 18.4. The topological polar surface area (TPSA) is 114 Å². The molecule has 1 aromatic carbocycles. The van der Waals surface area contributed by atoms with E-state index in [-0.39, 0.29) is 24.8 Å². The Balaban J connectivity index is 1.69. The second kappa shape index (κ2) is 8.81. The lowest BCUT2D eigenvalue weighted by Gasteiger charge is -2.11. The third kappa shape index (κ3) is 5.59. The van der Waals surface area contributed by atoms with E-state index in [1.54, 1.807) is 6.07 Å². The molecule has 2 rings (SSSR count). The Morgan fingerprint density at radius 2 is 2.00 bits per heavy atom. The number of nitrogens with one attached hydrogen (secondary N) is 3. The Kier molecular flexibility index (Phi) is 6.50. The summed E-state index contributed by atoms with van der Waals surface area (Å²) < 4.78 is 4.83. The first-order chi connectivity index (χ1) is 12.0.